The first-order valence-corrected chi connectivity index (χ1v) is 9.02. The maximum absolute atomic E-state index is 4.12. The second-order valence-electron chi connectivity index (χ2n) is 6.63. The minimum atomic E-state index is 0.436. The molecule has 1 atom stereocenters. The van der Waals surface area contributed by atoms with E-state index in [4.69, 9.17) is 0 Å². The highest BCUT2D eigenvalue weighted by Gasteiger charge is 2.13. The van der Waals surface area contributed by atoms with Gasteiger partial charge in [0.2, 0.25) is 0 Å². The molecule has 1 fully saturated rings. The van der Waals surface area contributed by atoms with Crippen molar-refractivity contribution in [3.8, 4) is 0 Å². The zero-order valence-electron chi connectivity index (χ0n) is 13.7. The van der Waals surface area contributed by atoms with Gasteiger partial charge in [0.05, 0.1) is 0 Å². The summed E-state index contributed by atoms with van der Waals surface area (Å²) in [5.41, 5.74) is 1.36. The van der Waals surface area contributed by atoms with E-state index in [9.17, 15) is 0 Å². The fourth-order valence-electron chi connectivity index (χ4n) is 3.43. The molecule has 1 aromatic rings. The molecule has 0 aliphatic heterocycles. The third kappa shape index (κ3) is 6.60. The third-order valence-corrected chi connectivity index (χ3v) is 4.80. The lowest BCUT2D eigenvalue weighted by Crippen LogP contribution is -2.31. The van der Waals surface area contributed by atoms with Crippen molar-refractivity contribution in [2.45, 2.75) is 89.6 Å². The molecular formula is C19H32N2. The molecular weight excluding hydrogens is 256 g/mol. The molecule has 2 nitrogen and oxygen atoms in total. The van der Waals surface area contributed by atoms with Gasteiger partial charge < -0.3 is 5.32 Å². The van der Waals surface area contributed by atoms with Crippen LogP contribution >= 0.6 is 0 Å². The molecule has 0 saturated heterocycles. The highest BCUT2D eigenvalue weighted by molar-refractivity contribution is 5.14. The first-order chi connectivity index (χ1) is 10.4. The van der Waals surface area contributed by atoms with E-state index in [2.05, 4.69) is 29.4 Å². The van der Waals surface area contributed by atoms with Crippen LogP contribution in [0.5, 0.6) is 0 Å². The molecule has 1 saturated carbocycles. The Hall–Kier alpha value is -0.890. The van der Waals surface area contributed by atoms with E-state index in [-0.39, 0.29) is 0 Å². The molecule has 0 bridgehead atoms. The molecule has 1 aliphatic carbocycles. The Labute approximate surface area is 130 Å². The Balaban J connectivity index is 1.82. The summed E-state index contributed by atoms with van der Waals surface area (Å²) in [6.45, 7) is 2.28. The minimum absolute atomic E-state index is 0.436. The predicted molar refractivity (Wildman–Crippen MR) is 90.4 cm³/mol. The number of nitrogens with zero attached hydrogens (tertiary/aromatic N) is 1. The van der Waals surface area contributed by atoms with Gasteiger partial charge in [-0.05, 0) is 37.5 Å². The molecule has 0 unspecified atom stereocenters. The van der Waals surface area contributed by atoms with Crippen LogP contribution < -0.4 is 5.32 Å². The fraction of sp³-hybridized carbons (Fsp3) is 0.737. The number of rotatable bonds is 3. The van der Waals surface area contributed by atoms with Crippen LogP contribution in [-0.2, 0) is 0 Å². The topological polar surface area (TPSA) is 24.9 Å². The van der Waals surface area contributed by atoms with Gasteiger partial charge in [-0.15, -0.1) is 0 Å². The van der Waals surface area contributed by atoms with Crippen LogP contribution in [-0.4, -0.2) is 11.0 Å². The quantitative estimate of drug-likeness (QED) is 0.805. The average molecular weight is 288 g/mol. The van der Waals surface area contributed by atoms with Gasteiger partial charge in [0.1, 0.15) is 0 Å². The fourth-order valence-corrected chi connectivity index (χ4v) is 3.43. The zero-order valence-corrected chi connectivity index (χ0v) is 13.7. The number of hydrogen-bond acceptors (Lipinski definition) is 2. The Kier molecular flexibility index (Phi) is 7.80. The molecule has 0 spiro atoms. The lowest BCUT2D eigenvalue weighted by molar-refractivity contribution is 0.375. The highest BCUT2D eigenvalue weighted by Crippen LogP contribution is 2.19. The molecule has 1 aromatic heterocycles. The summed E-state index contributed by atoms with van der Waals surface area (Å²) in [4.78, 5) is 4.12. The Morgan fingerprint density at radius 2 is 1.33 bits per heavy atom. The average Bonchev–Trinajstić information content (AvgIpc) is 2.51. The minimum Gasteiger partial charge on any atom is -0.307 e. The van der Waals surface area contributed by atoms with Crippen molar-refractivity contribution in [2.24, 2.45) is 0 Å². The maximum atomic E-state index is 4.12. The molecule has 1 heterocycles. The number of pyridine rings is 1. The summed E-state index contributed by atoms with van der Waals surface area (Å²) in [5.74, 6) is 0. The monoisotopic (exact) mass is 288 g/mol. The van der Waals surface area contributed by atoms with E-state index in [0.29, 0.717) is 12.1 Å². The van der Waals surface area contributed by atoms with Gasteiger partial charge in [0.25, 0.3) is 0 Å². The van der Waals surface area contributed by atoms with Crippen LogP contribution in [0.4, 0.5) is 0 Å². The van der Waals surface area contributed by atoms with E-state index >= 15 is 0 Å². The van der Waals surface area contributed by atoms with E-state index in [1.54, 1.807) is 0 Å². The van der Waals surface area contributed by atoms with Crippen molar-refractivity contribution >= 4 is 0 Å². The normalized spacial score (nSPS) is 21.2. The molecule has 2 rings (SSSR count). The third-order valence-electron chi connectivity index (χ3n) is 4.80. The summed E-state index contributed by atoms with van der Waals surface area (Å²) in [6, 6.07) is 5.39. The van der Waals surface area contributed by atoms with Crippen LogP contribution in [0.25, 0.3) is 0 Å². The Morgan fingerprint density at radius 3 is 1.86 bits per heavy atom. The molecule has 0 amide bonds. The van der Waals surface area contributed by atoms with Gasteiger partial charge in [-0.25, -0.2) is 0 Å². The van der Waals surface area contributed by atoms with E-state index in [0.717, 1.165) is 0 Å². The molecule has 0 radical (unpaired) electrons. The van der Waals surface area contributed by atoms with Crippen LogP contribution in [0.15, 0.2) is 24.5 Å². The van der Waals surface area contributed by atoms with E-state index in [1.165, 1.54) is 76.2 Å². The van der Waals surface area contributed by atoms with Crippen molar-refractivity contribution in [1.29, 1.82) is 0 Å². The largest absolute Gasteiger partial charge is 0.307 e. The van der Waals surface area contributed by atoms with Crippen molar-refractivity contribution in [2.75, 3.05) is 0 Å². The van der Waals surface area contributed by atoms with E-state index < -0.39 is 0 Å². The smallest absolute Gasteiger partial charge is 0.0295 e. The van der Waals surface area contributed by atoms with Crippen LogP contribution in [0.3, 0.4) is 0 Å². The van der Waals surface area contributed by atoms with Gasteiger partial charge in [-0.1, -0.05) is 57.8 Å². The maximum Gasteiger partial charge on any atom is 0.0295 e. The zero-order chi connectivity index (χ0) is 14.8. The SMILES string of the molecule is C[C@H](NC1CCCCCCCCCCC1)c1ccncc1. The predicted octanol–water partition coefficient (Wildman–Crippen LogP) is 5.41. The van der Waals surface area contributed by atoms with Gasteiger partial charge >= 0.3 is 0 Å². The Bertz CT molecular complexity index is 351. The van der Waals surface area contributed by atoms with Crippen LogP contribution in [0, 0.1) is 0 Å². The number of hydrogen-bond donors (Lipinski definition) is 1. The Morgan fingerprint density at radius 1 is 0.857 bits per heavy atom. The van der Waals surface area contributed by atoms with E-state index in [1.807, 2.05) is 12.4 Å². The van der Waals surface area contributed by atoms with Gasteiger partial charge in [-0.3, -0.25) is 4.98 Å². The summed E-state index contributed by atoms with van der Waals surface area (Å²) >= 11 is 0. The lowest BCUT2D eigenvalue weighted by Gasteiger charge is -2.24. The number of aromatic nitrogens is 1. The standard InChI is InChI=1S/C19H32N2/c1-17(18-13-15-20-16-14-18)21-19-11-9-7-5-3-2-4-6-8-10-12-19/h13-17,19,21H,2-12H2,1H3/t17-/m0/s1. The summed E-state index contributed by atoms with van der Waals surface area (Å²) in [5, 5.41) is 3.86. The van der Waals surface area contributed by atoms with Crippen LogP contribution in [0.1, 0.15) is 89.2 Å². The lowest BCUT2D eigenvalue weighted by atomic mass is 9.97. The first kappa shape index (κ1) is 16.5. The molecule has 1 aliphatic rings. The molecule has 0 aromatic carbocycles. The first-order valence-electron chi connectivity index (χ1n) is 9.02. The second-order valence-corrected chi connectivity index (χ2v) is 6.63. The van der Waals surface area contributed by atoms with Crippen molar-refractivity contribution in [3.63, 3.8) is 0 Å². The molecule has 2 heteroatoms. The number of nitrogens with one attached hydrogen (secondary N) is 1. The summed E-state index contributed by atoms with van der Waals surface area (Å²) in [7, 11) is 0. The summed E-state index contributed by atoms with van der Waals surface area (Å²) < 4.78 is 0. The van der Waals surface area contributed by atoms with Gasteiger partial charge in [-0.2, -0.15) is 0 Å². The highest BCUT2D eigenvalue weighted by atomic mass is 14.9. The second kappa shape index (κ2) is 9.94. The van der Waals surface area contributed by atoms with Gasteiger partial charge in [0.15, 0.2) is 0 Å². The molecule has 118 valence electrons. The summed E-state index contributed by atoms with van der Waals surface area (Å²) in [6.07, 6.45) is 19.3. The van der Waals surface area contributed by atoms with Crippen molar-refractivity contribution in [3.05, 3.63) is 30.1 Å². The molecule has 1 N–H and O–H groups in total. The van der Waals surface area contributed by atoms with Crippen molar-refractivity contribution in [1.82, 2.24) is 10.3 Å². The van der Waals surface area contributed by atoms with Crippen molar-refractivity contribution < 1.29 is 0 Å². The van der Waals surface area contributed by atoms with Crippen LogP contribution in [0.2, 0.25) is 0 Å². The molecule has 21 heavy (non-hydrogen) atoms. The van der Waals surface area contributed by atoms with Gasteiger partial charge in [0, 0.05) is 24.5 Å².